The van der Waals surface area contributed by atoms with Gasteiger partial charge in [0.25, 0.3) is 0 Å². The van der Waals surface area contributed by atoms with Crippen molar-refractivity contribution in [3.63, 3.8) is 0 Å². The van der Waals surface area contributed by atoms with Gasteiger partial charge in [0.2, 0.25) is 5.88 Å². The predicted molar refractivity (Wildman–Crippen MR) is 79.8 cm³/mol. The Hall–Kier alpha value is -1.44. The first kappa shape index (κ1) is 14.0. The van der Waals surface area contributed by atoms with Crippen LogP contribution in [0.4, 0.5) is 10.2 Å². The van der Waals surface area contributed by atoms with E-state index in [1.165, 1.54) is 13.2 Å². The zero-order valence-corrected chi connectivity index (χ0v) is 12.7. The van der Waals surface area contributed by atoms with Crippen LogP contribution in [0.25, 0.3) is 0 Å². The van der Waals surface area contributed by atoms with E-state index >= 15 is 0 Å². The summed E-state index contributed by atoms with van der Waals surface area (Å²) in [4.78, 5) is 8.27. The number of pyridine rings is 2. The van der Waals surface area contributed by atoms with Crippen molar-refractivity contribution in [2.45, 2.75) is 13.5 Å². The van der Waals surface area contributed by atoms with Gasteiger partial charge < -0.3 is 10.1 Å². The van der Waals surface area contributed by atoms with Gasteiger partial charge >= 0.3 is 0 Å². The Morgan fingerprint density at radius 1 is 1.42 bits per heavy atom. The molecule has 0 aliphatic rings. The Balaban J connectivity index is 2.05. The summed E-state index contributed by atoms with van der Waals surface area (Å²) in [6, 6.07) is 5.28. The van der Waals surface area contributed by atoms with Crippen molar-refractivity contribution < 1.29 is 9.13 Å². The van der Waals surface area contributed by atoms with Crippen molar-refractivity contribution in [1.29, 1.82) is 0 Å². The van der Waals surface area contributed by atoms with E-state index in [0.717, 1.165) is 20.6 Å². The van der Waals surface area contributed by atoms with Crippen LogP contribution in [0.3, 0.4) is 0 Å². The highest BCUT2D eigenvalue weighted by Gasteiger charge is 2.05. The first-order valence-electron chi connectivity index (χ1n) is 5.65. The van der Waals surface area contributed by atoms with Gasteiger partial charge in [0.15, 0.2) is 5.82 Å². The molecule has 4 nitrogen and oxygen atoms in total. The molecule has 0 fully saturated rings. The number of rotatable bonds is 4. The molecule has 0 bridgehead atoms. The molecule has 19 heavy (non-hydrogen) atoms. The number of nitrogens with zero attached hydrogens (tertiary/aromatic N) is 2. The highest BCUT2D eigenvalue weighted by atomic mass is 127. The molecule has 0 unspecified atom stereocenters. The predicted octanol–water partition coefficient (Wildman–Crippen LogP) is 3.15. The van der Waals surface area contributed by atoms with E-state index < -0.39 is 5.82 Å². The van der Waals surface area contributed by atoms with Crippen LogP contribution in [-0.2, 0) is 6.54 Å². The first-order chi connectivity index (χ1) is 9.10. The second-order valence-electron chi connectivity index (χ2n) is 3.95. The molecule has 100 valence electrons. The fourth-order valence-corrected chi connectivity index (χ4v) is 1.85. The summed E-state index contributed by atoms with van der Waals surface area (Å²) in [5.41, 5.74) is 1.70. The molecular weight excluding hydrogens is 360 g/mol. The van der Waals surface area contributed by atoms with Crippen molar-refractivity contribution in [3.05, 3.63) is 45.0 Å². The number of hydrogen-bond acceptors (Lipinski definition) is 4. The van der Waals surface area contributed by atoms with E-state index in [1.54, 1.807) is 6.20 Å². The molecule has 1 N–H and O–H groups in total. The van der Waals surface area contributed by atoms with Crippen LogP contribution >= 0.6 is 22.6 Å². The van der Waals surface area contributed by atoms with E-state index in [1.807, 2.05) is 19.1 Å². The van der Waals surface area contributed by atoms with Gasteiger partial charge in [-0.25, -0.2) is 14.4 Å². The molecule has 6 heteroatoms. The molecule has 0 spiro atoms. The molecule has 2 heterocycles. The lowest BCUT2D eigenvalue weighted by Gasteiger charge is -2.08. The van der Waals surface area contributed by atoms with Crippen molar-refractivity contribution in [2.75, 3.05) is 12.4 Å². The Morgan fingerprint density at radius 2 is 2.21 bits per heavy atom. The van der Waals surface area contributed by atoms with Gasteiger partial charge in [0, 0.05) is 16.3 Å². The van der Waals surface area contributed by atoms with Gasteiger partial charge in [0.05, 0.1) is 12.8 Å². The van der Waals surface area contributed by atoms with E-state index in [0.29, 0.717) is 6.54 Å². The minimum Gasteiger partial charge on any atom is -0.479 e. The topological polar surface area (TPSA) is 47.0 Å². The summed E-state index contributed by atoms with van der Waals surface area (Å²) in [6.07, 6.45) is 1.58. The number of aryl methyl sites for hydroxylation is 1. The fraction of sp³-hybridized carbons (Fsp3) is 0.231. The van der Waals surface area contributed by atoms with Crippen LogP contribution < -0.4 is 10.1 Å². The third-order valence-electron chi connectivity index (χ3n) is 2.55. The number of anilines is 1. The summed E-state index contributed by atoms with van der Waals surface area (Å²) < 4.78 is 19.3. The zero-order chi connectivity index (χ0) is 13.8. The summed E-state index contributed by atoms with van der Waals surface area (Å²) >= 11 is 2.23. The minimum atomic E-state index is -0.464. The molecule has 0 saturated heterocycles. The van der Waals surface area contributed by atoms with Crippen LogP contribution in [0.1, 0.15) is 11.3 Å². The van der Waals surface area contributed by atoms with Gasteiger partial charge in [-0.1, -0.05) is 0 Å². The third-order valence-corrected chi connectivity index (χ3v) is 3.69. The maximum atomic E-state index is 13.5. The highest BCUT2D eigenvalue weighted by Crippen LogP contribution is 2.16. The lowest BCUT2D eigenvalue weighted by Crippen LogP contribution is -2.04. The monoisotopic (exact) mass is 373 g/mol. The summed E-state index contributed by atoms with van der Waals surface area (Å²) in [5.74, 6) is 0.301. The average Bonchev–Trinajstić information content (AvgIpc) is 2.40. The molecule has 0 saturated carbocycles. The molecule has 0 aromatic carbocycles. The van der Waals surface area contributed by atoms with E-state index in [4.69, 9.17) is 4.74 Å². The number of nitrogens with one attached hydrogen (secondary N) is 1. The molecular formula is C13H13FIN3O. The van der Waals surface area contributed by atoms with Crippen LogP contribution in [0.5, 0.6) is 5.88 Å². The van der Waals surface area contributed by atoms with E-state index in [-0.39, 0.29) is 5.88 Å². The van der Waals surface area contributed by atoms with Gasteiger partial charge in [0.1, 0.15) is 5.82 Å². The number of halogens is 2. The molecule has 2 rings (SSSR count). The SMILES string of the molecule is COc1ncc(CNc2ccc(I)c(C)n2)cc1F. The van der Waals surface area contributed by atoms with Gasteiger partial charge in [-0.2, -0.15) is 0 Å². The summed E-state index contributed by atoms with van der Waals surface area (Å²) in [7, 11) is 1.39. The zero-order valence-electron chi connectivity index (χ0n) is 10.6. The second-order valence-corrected chi connectivity index (χ2v) is 5.11. The molecule has 0 radical (unpaired) electrons. The smallest absolute Gasteiger partial charge is 0.250 e. The lowest BCUT2D eigenvalue weighted by molar-refractivity contribution is 0.368. The quantitative estimate of drug-likeness (QED) is 0.837. The normalized spacial score (nSPS) is 10.3. The van der Waals surface area contributed by atoms with Gasteiger partial charge in [-0.3, -0.25) is 0 Å². The van der Waals surface area contributed by atoms with Crippen LogP contribution in [0.2, 0.25) is 0 Å². The minimum absolute atomic E-state index is 0.00647. The Kier molecular flexibility index (Phi) is 4.52. The number of methoxy groups -OCH3 is 1. The third kappa shape index (κ3) is 3.52. The van der Waals surface area contributed by atoms with Gasteiger partial charge in [-0.05, 0) is 53.3 Å². The van der Waals surface area contributed by atoms with Crippen molar-refractivity contribution in [3.8, 4) is 5.88 Å². The fourth-order valence-electron chi connectivity index (χ4n) is 1.55. The molecule has 0 aliphatic carbocycles. The maximum Gasteiger partial charge on any atom is 0.250 e. The summed E-state index contributed by atoms with van der Waals surface area (Å²) in [5, 5.41) is 3.13. The number of aromatic nitrogens is 2. The summed E-state index contributed by atoms with van der Waals surface area (Å²) in [6.45, 7) is 2.41. The molecule has 0 amide bonds. The standard InChI is InChI=1S/C13H13FIN3O/c1-8-11(15)3-4-12(18-8)16-6-9-5-10(14)13(19-2)17-7-9/h3-5,7H,6H2,1-2H3,(H,16,18). The number of ether oxygens (including phenoxy) is 1. The Morgan fingerprint density at radius 3 is 2.84 bits per heavy atom. The highest BCUT2D eigenvalue weighted by molar-refractivity contribution is 14.1. The van der Waals surface area contributed by atoms with Crippen molar-refractivity contribution in [2.24, 2.45) is 0 Å². The van der Waals surface area contributed by atoms with Crippen molar-refractivity contribution >= 4 is 28.4 Å². The first-order valence-corrected chi connectivity index (χ1v) is 6.73. The Bertz CT molecular complexity index is 592. The molecule has 0 aliphatic heterocycles. The second kappa shape index (κ2) is 6.14. The van der Waals surface area contributed by atoms with Crippen molar-refractivity contribution in [1.82, 2.24) is 9.97 Å². The van der Waals surface area contributed by atoms with Crippen LogP contribution in [-0.4, -0.2) is 17.1 Å². The molecule has 2 aromatic heterocycles. The Labute approximate surface area is 124 Å². The van der Waals surface area contributed by atoms with Crippen LogP contribution in [0.15, 0.2) is 24.4 Å². The average molecular weight is 373 g/mol. The van der Waals surface area contributed by atoms with Crippen LogP contribution in [0, 0.1) is 16.3 Å². The lowest BCUT2D eigenvalue weighted by atomic mass is 10.2. The van der Waals surface area contributed by atoms with E-state index in [9.17, 15) is 4.39 Å². The maximum absolute atomic E-state index is 13.5. The van der Waals surface area contributed by atoms with E-state index in [2.05, 4.69) is 37.9 Å². The van der Waals surface area contributed by atoms with Gasteiger partial charge in [-0.15, -0.1) is 0 Å². The molecule has 0 atom stereocenters. The largest absolute Gasteiger partial charge is 0.479 e. The number of hydrogen-bond donors (Lipinski definition) is 1. The molecule has 2 aromatic rings.